The lowest BCUT2D eigenvalue weighted by molar-refractivity contribution is -0.137. The second-order valence-electron chi connectivity index (χ2n) is 8.71. The van der Waals surface area contributed by atoms with Crippen LogP contribution in [-0.4, -0.2) is 75.5 Å². The van der Waals surface area contributed by atoms with Crippen molar-refractivity contribution in [1.82, 2.24) is 13.5 Å². The number of piperidine rings is 1. The molecule has 0 unspecified atom stereocenters. The van der Waals surface area contributed by atoms with Crippen LogP contribution in [0.1, 0.15) is 18.4 Å². The first-order chi connectivity index (χ1) is 16.6. The molecule has 8 nitrogen and oxygen atoms in total. The van der Waals surface area contributed by atoms with Crippen molar-refractivity contribution in [2.24, 2.45) is 5.92 Å². The van der Waals surface area contributed by atoms with Crippen LogP contribution < -0.4 is 0 Å². The van der Waals surface area contributed by atoms with E-state index in [0.29, 0.717) is 41.5 Å². The minimum atomic E-state index is -3.59. The van der Waals surface area contributed by atoms with Gasteiger partial charge in [0.15, 0.2) is 0 Å². The third kappa shape index (κ3) is 6.00. The molecular weight excluding hydrogens is 533 g/mol. The third-order valence-corrected chi connectivity index (χ3v) is 10.8. The summed E-state index contributed by atoms with van der Waals surface area (Å²) in [6.07, 6.45) is 0.851. The minimum absolute atomic E-state index is 0.0421. The summed E-state index contributed by atoms with van der Waals surface area (Å²) in [5.41, 5.74) is 0.484. The molecule has 2 saturated heterocycles. The van der Waals surface area contributed by atoms with Crippen LogP contribution in [0, 0.1) is 5.92 Å². The van der Waals surface area contributed by atoms with Gasteiger partial charge in [-0.15, -0.1) is 0 Å². The predicted molar refractivity (Wildman–Crippen MR) is 135 cm³/mol. The Morgan fingerprint density at radius 1 is 0.829 bits per heavy atom. The highest BCUT2D eigenvalue weighted by molar-refractivity contribution is 7.89. The summed E-state index contributed by atoms with van der Waals surface area (Å²) in [5.74, 6) is -0.545. The van der Waals surface area contributed by atoms with Crippen molar-refractivity contribution in [3.8, 4) is 0 Å². The highest BCUT2D eigenvalue weighted by Crippen LogP contribution is 2.27. The number of nitrogens with zero attached hydrogens (tertiary/aromatic N) is 3. The molecule has 1 amide bonds. The molecule has 35 heavy (non-hydrogen) atoms. The monoisotopic (exact) mass is 559 g/mol. The zero-order chi connectivity index (χ0) is 25.2. The van der Waals surface area contributed by atoms with E-state index in [4.69, 9.17) is 23.2 Å². The molecule has 0 spiro atoms. The van der Waals surface area contributed by atoms with Gasteiger partial charge >= 0.3 is 0 Å². The van der Waals surface area contributed by atoms with Crippen LogP contribution in [0.2, 0.25) is 10.0 Å². The summed E-state index contributed by atoms with van der Waals surface area (Å²) in [7, 11) is -7.17. The lowest BCUT2D eigenvalue weighted by Gasteiger charge is -2.37. The molecule has 2 fully saturated rings. The van der Waals surface area contributed by atoms with E-state index in [9.17, 15) is 21.6 Å². The van der Waals surface area contributed by atoms with E-state index in [0.717, 1.165) is 0 Å². The Balaban J connectivity index is 1.30. The highest BCUT2D eigenvalue weighted by atomic mass is 35.5. The number of benzene rings is 2. The topological polar surface area (TPSA) is 95.1 Å². The predicted octanol–water partition coefficient (Wildman–Crippen LogP) is 3.07. The van der Waals surface area contributed by atoms with Crippen molar-refractivity contribution in [3.05, 3.63) is 64.1 Å². The van der Waals surface area contributed by atoms with Crippen LogP contribution in [0.4, 0.5) is 0 Å². The van der Waals surface area contributed by atoms with Crippen molar-refractivity contribution in [3.63, 3.8) is 0 Å². The molecule has 0 bridgehead atoms. The molecule has 2 aromatic rings. The molecule has 2 aliphatic heterocycles. The van der Waals surface area contributed by atoms with E-state index in [-0.39, 0.29) is 48.7 Å². The number of hydrogen-bond acceptors (Lipinski definition) is 5. The van der Waals surface area contributed by atoms with Gasteiger partial charge in [-0.3, -0.25) is 4.79 Å². The largest absolute Gasteiger partial charge is 0.340 e. The molecule has 190 valence electrons. The van der Waals surface area contributed by atoms with Gasteiger partial charge in [0.1, 0.15) is 0 Å². The molecule has 0 aromatic heterocycles. The van der Waals surface area contributed by atoms with Gasteiger partial charge in [-0.05, 0) is 42.7 Å². The number of halogens is 2. The van der Waals surface area contributed by atoms with Gasteiger partial charge in [-0.2, -0.15) is 4.31 Å². The first-order valence-corrected chi connectivity index (χ1v) is 15.1. The van der Waals surface area contributed by atoms with E-state index in [1.165, 1.54) is 14.7 Å². The van der Waals surface area contributed by atoms with Crippen LogP contribution in [0.25, 0.3) is 0 Å². The SMILES string of the molecule is O=C(C1CCN(S(=O)(=O)Cc2ccc(Cl)cc2Cl)CC1)N1CCN(S(=O)(=O)c2ccccc2)CC1. The number of piperazine rings is 1. The third-order valence-electron chi connectivity index (χ3n) is 6.48. The molecule has 0 saturated carbocycles. The van der Waals surface area contributed by atoms with Gasteiger partial charge in [0.2, 0.25) is 26.0 Å². The number of sulfonamides is 2. The lowest BCUT2D eigenvalue weighted by Crippen LogP contribution is -2.53. The Morgan fingerprint density at radius 2 is 1.46 bits per heavy atom. The molecule has 2 aromatic carbocycles. The van der Waals surface area contributed by atoms with Gasteiger partial charge in [0.05, 0.1) is 10.6 Å². The average Bonchev–Trinajstić information content (AvgIpc) is 2.86. The minimum Gasteiger partial charge on any atom is -0.340 e. The number of carbonyl (C=O) groups is 1. The molecule has 2 aliphatic rings. The Kier molecular flexibility index (Phi) is 8.09. The van der Waals surface area contributed by atoms with E-state index < -0.39 is 20.0 Å². The standard InChI is InChI=1S/C23H27Cl2N3O5S2/c24-20-7-6-19(22(25)16-20)17-34(30,31)27-10-8-18(9-11-27)23(29)26-12-14-28(15-13-26)35(32,33)21-4-2-1-3-5-21/h1-7,16,18H,8-15,17H2. The van der Waals surface area contributed by atoms with Gasteiger partial charge < -0.3 is 4.90 Å². The molecular formula is C23H27Cl2N3O5S2. The lowest BCUT2D eigenvalue weighted by atomic mass is 9.96. The van der Waals surface area contributed by atoms with Crippen LogP contribution in [0.5, 0.6) is 0 Å². The summed E-state index contributed by atoms with van der Waals surface area (Å²) in [6, 6.07) is 13.0. The zero-order valence-electron chi connectivity index (χ0n) is 19.0. The fraction of sp³-hybridized carbons (Fsp3) is 0.435. The van der Waals surface area contributed by atoms with Gasteiger partial charge in [-0.1, -0.05) is 47.5 Å². The Bertz CT molecular complexity index is 1270. The maximum Gasteiger partial charge on any atom is 0.243 e. The van der Waals surface area contributed by atoms with Crippen molar-refractivity contribution < 1.29 is 21.6 Å². The second kappa shape index (κ2) is 10.7. The van der Waals surface area contributed by atoms with Crippen LogP contribution >= 0.6 is 23.2 Å². The number of hydrogen-bond donors (Lipinski definition) is 0. The quantitative estimate of drug-likeness (QED) is 0.542. The van der Waals surface area contributed by atoms with Crippen molar-refractivity contribution in [2.75, 3.05) is 39.3 Å². The normalized spacial score (nSPS) is 19.1. The highest BCUT2D eigenvalue weighted by Gasteiger charge is 2.36. The summed E-state index contributed by atoms with van der Waals surface area (Å²) in [4.78, 5) is 15.0. The maximum atomic E-state index is 13.1. The number of amides is 1. The van der Waals surface area contributed by atoms with E-state index in [1.807, 2.05) is 0 Å². The molecule has 0 radical (unpaired) electrons. The van der Waals surface area contributed by atoms with Crippen molar-refractivity contribution in [1.29, 1.82) is 0 Å². The summed E-state index contributed by atoms with van der Waals surface area (Å²) >= 11 is 12.0. The van der Waals surface area contributed by atoms with E-state index in [2.05, 4.69) is 0 Å². The maximum absolute atomic E-state index is 13.1. The Hall–Kier alpha value is -1.69. The molecule has 12 heteroatoms. The number of rotatable bonds is 6. The van der Waals surface area contributed by atoms with E-state index >= 15 is 0 Å². The molecule has 0 atom stereocenters. The van der Waals surface area contributed by atoms with Crippen LogP contribution in [0.15, 0.2) is 53.4 Å². The summed E-state index contributed by atoms with van der Waals surface area (Å²) in [6.45, 7) is 1.62. The van der Waals surface area contributed by atoms with E-state index in [1.54, 1.807) is 47.4 Å². The van der Waals surface area contributed by atoms with Gasteiger partial charge in [0, 0.05) is 55.2 Å². The van der Waals surface area contributed by atoms with Crippen LogP contribution in [0.3, 0.4) is 0 Å². The smallest absolute Gasteiger partial charge is 0.243 e. The fourth-order valence-corrected chi connectivity index (χ4v) is 8.05. The zero-order valence-corrected chi connectivity index (χ0v) is 22.2. The van der Waals surface area contributed by atoms with Gasteiger partial charge in [-0.25, -0.2) is 21.1 Å². The average molecular weight is 561 g/mol. The molecule has 0 N–H and O–H groups in total. The number of carbonyl (C=O) groups excluding carboxylic acids is 1. The summed E-state index contributed by atoms with van der Waals surface area (Å²) in [5, 5.41) is 0.744. The first kappa shape index (κ1) is 26.4. The molecule has 0 aliphatic carbocycles. The molecule has 2 heterocycles. The van der Waals surface area contributed by atoms with Crippen LogP contribution in [-0.2, 0) is 30.6 Å². The van der Waals surface area contributed by atoms with Gasteiger partial charge in [0.25, 0.3) is 0 Å². The molecule has 4 rings (SSSR count). The Morgan fingerprint density at radius 3 is 2.06 bits per heavy atom. The second-order valence-corrected chi connectivity index (χ2v) is 13.5. The Labute approximate surface area is 216 Å². The first-order valence-electron chi connectivity index (χ1n) is 11.3. The van der Waals surface area contributed by atoms with Crippen molar-refractivity contribution >= 4 is 49.2 Å². The summed E-state index contributed by atoms with van der Waals surface area (Å²) < 4.78 is 54.2. The van der Waals surface area contributed by atoms with Crippen molar-refractivity contribution in [2.45, 2.75) is 23.5 Å². The fourth-order valence-electron chi connectivity index (χ4n) is 4.46.